The van der Waals surface area contributed by atoms with E-state index >= 15 is 0 Å². The van der Waals surface area contributed by atoms with Crippen LogP contribution in [-0.4, -0.2) is 9.97 Å². The van der Waals surface area contributed by atoms with Crippen LogP contribution in [0, 0.1) is 0 Å². The van der Waals surface area contributed by atoms with Crippen molar-refractivity contribution in [1.29, 1.82) is 0 Å². The van der Waals surface area contributed by atoms with E-state index in [-0.39, 0.29) is 10.7 Å². The van der Waals surface area contributed by atoms with Gasteiger partial charge in [-0.2, -0.15) is 13.2 Å². The second-order valence-corrected chi connectivity index (χ2v) is 3.71. The van der Waals surface area contributed by atoms with Gasteiger partial charge in [0.1, 0.15) is 6.33 Å². The zero-order valence-electron chi connectivity index (χ0n) is 8.37. The van der Waals surface area contributed by atoms with Crippen molar-refractivity contribution in [2.75, 3.05) is 0 Å². The van der Waals surface area contributed by atoms with Crippen molar-refractivity contribution < 1.29 is 13.2 Å². The van der Waals surface area contributed by atoms with Crippen molar-refractivity contribution in [1.82, 2.24) is 9.97 Å². The van der Waals surface area contributed by atoms with Crippen LogP contribution in [0.25, 0.3) is 11.3 Å². The van der Waals surface area contributed by atoms with Gasteiger partial charge in [0.05, 0.1) is 16.3 Å². The molecule has 2 aromatic rings. The van der Waals surface area contributed by atoms with Gasteiger partial charge >= 0.3 is 6.18 Å². The van der Waals surface area contributed by atoms with Crippen molar-refractivity contribution in [2.45, 2.75) is 6.18 Å². The van der Waals surface area contributed by atoms with Crippen molar-refractivity contribution in [2.24, 2.45) is 0 Å². The molecular formula is C11H6ClF3N2. The minimum absolute atomic E-state index is 0.215. The first kappa shape index (κ1) is 11.9. The monoisotopic (exact) mass is 258 g/mol. The van der Waals surface area contributed by atoms with Gasteiger partial charge in [0, 0.05) is 11.8 Å². The van der Waals surface area contributed by atoms with E-state index in [9.17, 15) is 13.2 Å². The van der Waals surface area contributed by atoms with Gasteiger partial charge in [0.15, 0.2) is 0 Å². The lowest BCUT2D eigenvalue weighted by atomic mass is 10.1. The van der Waals surface area contributed by atoms with Crippen molar-refractivity contribution in [3.8, 4) is 11.3 Å². The van der Waals surface area contributed by atoms with Gasteiger partial charge < -0.3 is 0 Å². The van der Waals surface area contributed by atoms with E-state index in [2.05, 4.69) is 9.97 Å². The summed E-state index contributed by atoms with van der Waals surface area (Å²) in [5.74, 6) is 0. The zero-order valence-corrected chi connectivity index (χ0v) is 9.13. The Morgan fingerprint density at radius 1 is 1.18 bits per heavy atom. The largest absolute Gasteiger partial charge is 0.416 e. The Hall–Kier alpha value is -1.62. The number of aromatic nitrogens is 2. The number of halogens is 4. The molecule has 17 heavy (non-hydrogen) atoms. The molecule has 0 radical (unpaired) electrons. The molecule has 6 heteroatoms. The highest BCUT2D eigenvalue weighted by Crippen LogP contribution is 2.33. The molecule has 0 aliphatic carbocycles. The van der Waals surface area contributed by atoms with Gasteiger partial charge in [0.25, 0.3) is 0 Å². The number of hydrogen-bond donors (Lipinski definition) is 0. The SMILES string of the molecule is FC(F)(F)c1cccc(-c2ncncc2Cl)c1. The third kappa shape index (κ3) is 2.55. The lowest BCUT2D eigenvalue weighted by molar-refractivity contribution is -0.137. The van der Waals surface area contributed by atoms with E-state index in [1.807, 2.05) is 0 Å². The molecule has 1 aromatic heterocycles. The topological polar surface area (TPSA) is 25.8 Å². The molecule has 0 fully saturated rings. The molecule has 0 amide bonds. The molecule has 0 spiro atoms. The fourth-order valence-corrected chi connectivity index (χ4v) is 1.58. The summed E-state index contributed by atoms with van der Waals surface area (Å²) >= 11 is 5.82. The molecule has 88 valence electrons. The first-order valence-electron chi connectivity index (χ1n) is 4.61. The molecule has 0 aliphatic heterocycles. The molecule has 0 N–H and O–H groups in total. The highest BCUT2D eigenvalue weighted by atomic mass is 35.5. The van der Waals surface area contributed by atoms with Crippen molar-refractivity contribution in [3.05, 3.63) is 47.4 Å². The zero-order chi connectivity index (χ0) is 12.5. The van der Waals surface area contributed by atoms with Gasteiger partial charge in [0.2, 0.25) is 0 Å². The molecule has 0 unspecified atom stereocenters. The predicted molar refractivity (Wildman–Crippen MR) is 57.5 cm³/mol. The van der Waals surface area contributed by atoms with Crippen LogP contribution >= 0.6 is 11.6 Å². The standard InChI is InChI=1S/C11H6ClF3N2/c12-9-5-16-6-17-10(9)7-2-1-3-8(4-7)11(13,14)15/h1-6H. The van der Waals surface area contributed by atoms with Gasteiger partial charge in [-0.05, 0) is 12.1 Å². The Morgan fingerprint density at radius 2 is 1.94 bits per heavy atom. The van der Waals surface area contributed by atoms with E-state index in [1.54, 1.807) is 0 Å². The first-order valence-corrected chi connectivity index (χ1v) is 4.99. The van der Waals surface area contributed by atoms with Crippen LogP contribution in [0.1, 0.15) is 5.56 Å². The Kier molecular flexibility index (Phi) is 3.02. The Labute approximate surface area is 100 Å². The number of alkyl halides is 3. The van der Waals surface area contributed by atoms with E-state index in [0.29, 0.717) is 5.56 Å². The summed E-state index contributed by atoms with van der Waals surface area (Å²) in [5.41, 5.74) is -0.135. The summed E-state index contributed by atoms with van der Waals surface area (Å²) in [6.07, 6.45) is -1.80. The maximum Gasteiger partial charge on any atom is 0.416 e. The number of rotatable bonds is 1. The van der Waals surface area contributed by atoms with Gasteiger partial charge in [-0.25, -0.2) is 9.97 Å². The minimum Gasteiger partial charge on any atom is -0.243 e. The molecule has 0 atom stereocenters. The second kappa shape index (κ2) is 4.33. The summed E-state index contributed by atoms with van der Waals surface area (Å²) in [6.45, 7) is 0. The fourth-order valence-electron chi connectivity index (χ4n) is 1.37. The van der Waals surface area contributed by atoms with E-state index < -0.39 is 11.7 Å². The van der Waals surface area contributed by atoms with Gasteiger partial charge in [-0.3, -0.25) is 0 Å². The molecule has 0 bridgehead atoms. The van der Waals surface area contributed by atoms with Crippen molar-refractivity contribution >= 4 is 11.6 Å². The van der Waals surface area contributed by atoms with E-state index in [4.69, 9.17) is 11.6 Å². The molecule has 1 aromatic carbocycles. The summed E-state index contributed by atoms with van der Waals surface area (Å²) in [5, 5.41) is 0.215. The molecule has 2 nitrogen and oxygen atoms in total. The molecular weight excluding hydrogens is 253 g/mol. The molecule has 0 aliphatic rings. The summed E-state index contributed by atoms with van der Waals surface area (Å²) in [6, 6.07) is 4.84. The van der Waals surface area contributed by atoms with Crippen LogP contribution in [0.4, 0.5) is 13.2 Å². The minimum atomic E-state index is -4.38. The Balaban J connectivity index is 2.51. The lowest BCUT2D eigenvalue weighted by Crippen LogP contribution is -2.04. The van der Waals surface area contributed by atoms with Crippen LogP contribution in [0.2, 0.25) is 5.02 Å². The average molecular weight is 259 g/mol. The first-order chi connectivity index (χ1) is 7.98. The van der Waals surface area contributed by atoms with Crippen LogP contribution in [0.3, 0.4) is 0 Å². The van der Waals surface area contributed by atoms with Crippen LogP contribution in [0.5, 0.6) is 0 Å². The highest BCUT2D eigenvalue weighted by molar-refractivity contribution is 6.32. The van der Waals surface area contributed by atoms with Gasteiger partial charge in [-0.15, -0.1) is 0 Å². The van der Waals surface area contributed by atoms with Gasteiger partial charge in [-0.1, -0.05) is 23.7 Å². The highest BCUT2D eigenvalue weighted by Gasteiger charge is 2.30. The quantitative estimate of drug-likeness (QED) is 0.777. The summed E-state index contributed by atoms with van der Waals surface area (Å²) in [7, 11) is 0. The smallest absolute Gasteiger partial charge is 0.243 e. The third-order valence-electron chi connectivity index (χ3n) is 2.13. The fraction of sp³-hybridized carbons (Fsp3) is 0.0909. The second-order valence-electron chi connectivity index (χ2n) is 3.30. The molecule has 0 saturated heterocycles. The number of benzene rings is 1. The molecule has 0 saturated carbocycles. The normalized spacial score (nSPS) is 11.5. The van der Waals surface area contributed by atoms with Crippen LogP contribution in [-0.2, 0) is 6.18 Å². The maximum absolute atomic E-state index is 12.5. The van der Waals surface area contributed by atoms with Crippen LogP contribution < -0.4 is 0 Å². The Morgan fingerprint density at radius 3 is 2.59 bits per heavy atom. The predicted octanol–water partition coefficient (Wildman–Crippen LogP) is 3.82. The summed E-state index contributed by atoms with van der Waals surface area (Å²) < 4.78 is 37.6. The van der Waals surface area contributed by atoms with E-state index in [0.717, 1.165) is 12.1 Å². The summed E-state index contributed by atoms with van der Waals surface area (Å²) in [4.78, 5) is 7.54. The molecule has 1 heterocycles. The molecule has 2 rings (SSSR count). The van der Waals surface area contributed by atoms with Crippen LogP contribution in [0.15, 0.2) is 36.8 Å². The number of hydrogen-bond acceptors (Lipinski definition) is 2. The maximum atomic E-state index is 12.5. The average Bonchev–Trinajstić information content (AvgIpc) is 2.29. The third-order valence-corrected chi connectivity index (χ3v) is 2.41. The Bertz CT molecular complexity index is 540. The van der Waals surface area contributed by atoms with E-state index in [1.165, 1.54) is 24.7 Å². The lowest BCUT2D eigenvalue weighted by Gasteiger charge is -2.08. The number of nitrogens with zero attached hydrogens (tertiary/aromatic N) is 2. The van der Waals surface area contributed by atoms with Crippen molar-refractivity contribution in [3.63, 3.8) is 0 Å².